The smallest absolute Gasteiger partial charge is 0.178 e. The molecule has 0 amide bonds. The first kappa shape index (κ1) is 18.3. The summed E-state index contributed by atoms with van der Waals surface area (Å²) in [7, 11) is 0. The number of rotatable bonds is 3. The summed E-state index contributed by atoms with van der Waals surface area (Å²) >= 11 is 12.5. The van der Waals surface area contributed by atoms with E-state index in [1.165, 1.54) is 0 Å². The zero-order chi connectivity index (χ0) is 20.3. The molecule has 1 saturated carbocycles. The molecule has 2 aliphatic rings. The van der Waals surface area contributed by atoms with Crippen LogP contribution in [-0.2, 0) is 0 Å². The molecule has 0 heterocycles. The Morgan fingerprint density at radius 1 is 0.793 bits per heavy atom. The van der Waals surface area contributed by atoms with E-state index < -0.39 is 17.3 Å². The molecule has 1 fully saturated rings. The molecule has 0 radical (unpaired) electrons. The zero-order valence-corrected chi connectivity index (χ0v) is 16.6. The lowest BCUT2D eigenvalue weighted by atomic mass is 9.91. The summed E-state index contributed by atoms with van der Waals surface area (Å²) in [6, 6.07) is 20.4. The lowest BCUT2D eigenvalue weighted by Crippen LogP contribution is -2.23. The summed E-state index contributed by atoms with van der Waals surface area (Å²) in [4.78, 5) is 40.3. The van der Waals surface area contributed by atoms with Crippen molar-refractivity contribution in [2.45, 2.75) is 5.92 Å². The number of ketones is 3. The average Bonchev–Trinajstić information content (AvgIpc) is 3.37. The zero-order valence-electron chi connectivity index (χ0n) is 15.1. The van der Waals surface area contributed by atoms with Crippen LogP contribution in [-0.4, -0.2) is 17.3 Å². The minimum atomic E-state index is -1.44. The highest BCUT2D eigenvalue weighted by molar-refractivity contribution is 6.37. The van der Waals surface area contributed by atoms with E-state index in [0.29, 0.717) is 32.3 Å². The minimum absolute atomic E-state index is 0.226. The van der Waals surface area contributed by atoms with Crippen LogP contribution in [0.25, 0.3) is 0 Å². The third-order valence-corrected chi connectivity index (χ3v) is 6.57. The first-order valence-corrected chi connectivity index (χ1v) is 9.96. The molecule has 3 aromatic carbocycles. The van der Waals surface area contributed by atoms with Gasteiger partial charge in [-0.1, -0.05) is 83.9 Å². The largest absolute Gasteiger partial charge is 0.294 e. The summed E-state index contributed by atoms with van der Waals surface area (Å²) in [6.45, 7) is 0. The maximum atomic E-state index is 13.5. The van der Waals surface area contributed by atoms with Crippen molar-refractivity contribution in [1.82, 2.24) is 0 Å². The van der Waals surface area contributed by atoms with Crippen LogP contribution < -0.4 is 0 Å². The molecule has 2 aliphatic carbocycles. The number of hydrogen-bond donors (Lipinski definition) is 0. The van der Waals surface area contributed by atoms with E-state index in [9.17, 15) is 14.4 Å². The van der Waals surface area contributed by atoms with Gasteiger partial charge in [-0.15, -0.1) is 0 Å². The standard InChI is InChI=1S/C24H14Cl2O3/c25-14-10-11-17(18(26)12-14)19-20(21(27)13-6-2-1-3-7-13)24(19)22(28)15-8-4-5-9-16(15)23(24)29/h1-12,19-20H/t19-,20+/m0/s1. The van der Waals surface area contributed by atoms with Crippen molar-refractivity contribution in [3.05, 3.63) is 105 Å². The summed E-state index contributed by atoms with van der Waals surface area (Å²) in [5.41, 5.74) is 0.376. The van der Waals surface area contributed by atoms with Crippen molar-refractivity contribution >= 4 is 40.6 Å². The molecule has 0 bridgehead atoms. The number of hydrogen-bond acceptors (Lipinski definition) is 3. The lowest BCUT2D eigenvalue weighted by molar-refractivity contribution is 0.0764. The Balaban J connectivity index is 1.69. The number of carbonyl (C=O) groups is 3. The second-order valence-electron chi connectivity index (χ2n) is 7.42. The normalized spacial score (nSPS) is 21.3. The Morgan fingerprint density at radius 2 is 1.38 bits per heavy atom. The molecular weight excluding hydrogens is 407 g/mol. The average molecular weight is 421 g/mol. The maximum absolute atomic E-state index is 13.5. The van der Waals surface area contributed by atoms with Crippen molar-refractivity contribution in [3.63, 3.8) is 0 Å². The summed E-state index contributed by atoms with van der Waals surface area (Å²) in [5.74, 6) is -2.24. The van der Waals surface area contributed by atoms with Gasteiger partial charge < -0.3 is 0 Å². The number of carbonyl (C=O) groups excluding carboxylic acids is 3. The van der Waals surface area contributed by atoms with Crippen LogP contribution in [0.4, 0.5) is 0 Å². The van der Waals surface area contributed by atoms with Gasteiger partial charge in [0.25, 0.3) is 0 Å². The lowest BCUT2D eigenvalue weighted by Gasteiger charge is -2.08. The van der Waals surface area contributed by atoms with Crippen LogP contribution in [0.15, 0.2) is 72.8 Å². The molecule has 2 atom stereocenters. The van der Waals surface area contributed by atoms with Gasteiger partial charge in [-0.25, -0.2) is 0 Å². The van der Waals surface area contributed by atoms with Gasteiger partial charge in [0.2, 0.25) is 0 Å². The van der Waals surface area contributed by atoms with E-state index in [4.69, 9.17) is 23.2 Å². The van der Waals surface area contributed by atoms with Crippen LogP contribution in [0.1, 0.15) is 42.6 Å². The first-order valence-electron chi connectivity index (χ1n) is 9.20. The molecule has 1 spiro atoms. The van der Waals surface area contributed by atoms with E-state index in [2.05, 4.69) is 0 Å². The van der Waals surface area contributed by atoms with Gasteiger partial charge in [0, 0.05) is 32.7 Å². The van der Waals surface area contributed by atoms with E-state index in [1.807, 2.05) is 6.07 Å². The Bertz CT molecular complexity index is 1160. The predicted molar refractivity (Wildman–Crippen MR) is 111 cm³/mol. The van der Waals surface area contributed by atoms with Gasteiger partial charge >= 0.3 is 0 Å². The highest BCUT2D eigenvalue weighted by atomic mass is 35.5. The van der Waals surface area contributed by atoms with Crippen molar-refractivity contribution < 1.29 is 14.4 Å². The third kappa shape index (κ3) is 2.41. The van der Waals surface area contributed by atoms with Crippen LogP contribution in [0.5, 0.6) is 0 Å². The molecule has 0 saturated heterocycles. The van der Waals surface area contributed by atoms with Gasteiger partial charge in [-0.3, -0.25) is 14.4 Å². The fourth-order valence-corrected chi connectivity index (χ4v) is 5.23. The molecule has 142 valence electrons. The third-order valence-electron chi connectivity index (χ3n) is 6.01. The Morgan fingerprint density at radius 3 is 1.97 bits per heavy atom. The van der Waals surface area contributed by atoms with E-state index >= 15 is 0 Å². The van der Waals surface area contributed by atoms with Gasteiger partial charge in [0.05, 0.1) is 5.92 Å². The SMILES string of the molecule is O=C(c1ccccc1)[C@H]1[C@H](c2ccc(Cl)cc2Cl)C12C(=O)c1ccccc1C2=O. The van der Waals surface area contributed by atoms with Crippen molar-refractivity contribution in [2.75, 3.05) is 0 Å². The summed E-state index contributed by atoms with van der Waals surface area (Å²) in [6.07, 6.45) is 0. The molecule has 3 aromatic rings. The van der Waals surface area contributed by atoms with Crippen LogP contribution in [0, 0.1) is 11.3 Å². The molecule has 0 unspecified atom stereocenters. The Hall–Kier alpha value is -2.75. The number of benzene rings is 3. The number of halogens is 2. The highest BCUT2D eigenvalue weighted by Crippen LogP contribution is 2.71. The van der Waals surface area contributed by atoms with Gasteiger partial charge in [0.15, 0.2) is 17.3 Å². The monoisotopic (exact) mass is 420 g/mol. The van der Waals surface area contributed by atoms with E-state index in [0.717, 1.165) is 0 Å². The Labute approximate surface area is 177 Å². The van der Waals surface area contributed by atoms with E-state index in [-0.39, 0.29) is 17.3 Å². The molecule has 5 rings (SSSR count). The summed E-state index contributed by atoms with van der Waals surface area (Å²) in [5, 5.41) is 0.800. The van der Waals surface area contributed by atoms with E-state index in [1.54, 1.807) is 66.7 Å². The molecule has 0 aromatic heterocycles. The van der Waals surface area contributed by atoms with Gasteiger partial charge in [0.1, 0.15) is 5.41 Å². The summed E-state index contributed by atoms with van der Waals surface area (Å²) < 4.78 is 0. The fourth-order valence-electron chi connectivity index (χ4n) is 4.70. The molecule has 29 heavy (non-hydrogen) atoms. The molecule has 0 N–H and O–H groups in total. The Kier molecular flexibility index (Phi) is 4.02. The number of Topliss-reactive ketones (excluding diaryl/α,β-unsaturated/α-hetero) is 3. The van der Waals surface area contributed by atoms with Crippen molar-refractivity contribution in [3.8, 4) is 0 Å². The van der Waals surface area contributed by atoms with Crippen LogP contribution in [0.2, 0.25) is 10.0 Å². The second kappa shape index (κ2) is 6.38. The molecule has 0 aliphatic heterocycles. The first-order chi connectivity index (χ1) is 14.0. The minimum Gasteiger partial charge on any atom is -0.294 e. The number of fused-ring (bicyclic) bond motifs is 1. The predicted octanol–water partition coefficient (Wildman–Crippen LogP) is 5.66. The topological polar surface area (TPSA) is 51.2 Å². The molecular formula is C24H14Cl2O3. The maximum Gasteiger partial charge on any atom is 0.178 e. The molecule has 3 nitrogen and oxygen atoms in total. The highest BCUT2D eigenvalue weighted by Gasteiger charge is 2.79. The fraction of sp³-hybridized carbons (Fsp3) is 0.125. The van der Waals surface area contributed by atoms with Gasteiger partial charge in [-0.05, 0) is 17.7 Å². The van der Waals surface area contributed by atoms with Crippen LogP contribution in [0.3, 0.4) is 0 Å². The van der Waals surface area contributed by atoms with Gasteiger partial charge in [-0.2, -0.15) is 0 Å². The molecule has 5 heteroatoms. The quantitative estimate of drug-likeness (QED) is 0.405. The van der Waals surface area contributed by atoms with Crippen molar-refractivity contribution in [1.29, 1.82) is 0 Å². The second-order valence-corrected chi connectivity index (χ2v) is 8.27. The van der Waals surface area contributed by atoms with Crippen molar-refractivity contribution in [2.24, 2.45) is 11.3 Å². The van der Waals surface area contributed by atoms with Crippen LogP contribution >= 0.6 is 23.2 Å².